The third-order valence-corrected chi connectivity index (χ3v) is 2.22. The zero-order valence-electron chi connectivity index (χ0n) is 8.18. The van der Waals surface area contributed by atoms with Gasteiger partial charge in [-0.05, 0) is 24.4 Å². The molecule has 0 atom stereocenters. The van der Waals surface area contributed by atoms with E-state index in [4.69, 9.17) is 28.9 Å². The Hall–Kier alpha value is -1.44. The summed E-state index contributed by atoms with van der Waals surface area (Å²) in [4.78, 5) is 10.2. The maximum Gasteiger partial charge on any atom is 0.296 e. The summed E-state index contributed by atoms with van der Waals surface area (Å²) in [5, 5.41) is 14.5. The molecule has 0 aromatic heterocycles. The van der Waals surface area contributed by atoms with Crippen molar-refractivity contribution in [1.29, 1.82) is 0 Å². The van der Waals surface area contributed by atoms with Crippen LogP contribution in [0.3, 0.4) is 0 Å². The van der Waals surface area contributed by atoms with Crippen molar-refractivity contribution in [2.24, 2.45) is 10.8 Å². The monoisotopic (exact) mass is 292 g/mol. The van der Waals surface area contributed by atoms with Crippen LogP contribution in [-0.4, -0.2) is 16.3 Å². The SMILES string of the molecule is NC(=S)NN=Cc1cc(Cl)cc(Cl)c1[N+](=O)[O-]. The Bertz CT molecular complexity index is 507. The highest BCUT2D eigenvalue weighted by molar-refractivity contribution is 7.80. The quantitative estimate of drug-likeness (QED) is 0.385. The first-order valence-electron chi connectivity index (χ1n) is 4.13. The van der Waals surface area contributed by atoms with E-state index >= 15 is 0 Å². The van der Waals surface area contributed by atoms with E-state index in [-0.39, 0.29) is 26.4 Å². The Morgan fingerprint density at radius 1 is 1.59 bits per heavy atom. The van der Waals surface area contributed by atoms with Gasteiger partial charge in [0.05, 0.1) is 16.7 Å². The molecule has 0 radical (unpaired) electrons. The number of rotatable bonds is 3. The van der Waals surface area contributed by atoms with Crippen LogP contribution in [0.5, 0.6) is 0 Å². The van der Waals surface area contributed by atoms with Crippen LogP contribution >= 0.6 is 35.4 Å². The maximum absolute atomic E-state index is 10.8. The Labute approximate surface area is 112 Å². The molecule has 3 N–H and O–H groups in total. The number of nitrogens with one attached hydrogen (secondary N) is 1. The summed E-state index contributed by atoms with van der Waals surface area (Å²) >= 11 is 16.0. The second-order valence-corrected chi connectivity index (χ2v) is 4.10. The molecule has 0 saturated heterocycles. The van der Waals surface area contributed by atoms with Gasteiger partial charge in [-0.2, -0.15) is 5.10 Å². The Kier molecular flexibility index (Phi) is 4.62. The highest BCUT2D eigenvalue weighted by Gasteiger charge is 2.18. The molecule has 9 heteroatoms. The molecular weight excluding hydrogens is 287 g/mol. The molecule has 0 aliphatic rings. The van der Waals surface area contributed by atoms with Crippen molar-refractivity contribution in [2.45, 2.75) is 0 Å². The van der Waals surface area contributed by atoms with Gasteiger partial charge in [0.1, 0.15) is 5.02 Å². The topological polar surface area (TPSA) is 93.5 Å². The van der Waals surface area contributed by atoms with Crippen molar-refractivity contribution >= 4 is 52.4 Å². The first-order valence-corrected chi connectivity index (χ1v) is 5.30. The molecular formula is C8H6Cl2N4O2S. The molecule has 1 aromatic rings. The number of hydrogen-bond acceptors (Lipinski definition) is 4. The lowest BCUT2D eigenvalue weighted by Gasteiger charge is -2.01. The molecule has 0 saturated carbocycles. The van der Waals surface area contributed by atoms with Gasteiger partial charge in [-0.1, -0.05) is 23.2 Å². The molecule has 1 aromatic carbocycles. The Morgan fingerprint density at radius 2 is 2.24 bits per heavy atom. The molecule has 0 aliphatic carbocycles. The van der Waals surface area contributed by atoms with Gasteiger partial charge in [0, 0.05) is 5.02 Å². The second-order valence-electron chi connectivity index (χ2n) is 2.82. The van der Waals surface area contributed by atoms with Crippen LogP contribution in [0.4, 0.5) is 5.69 Å². The number of nitrogens with zero attached hydrogens (tertiary/aromatic N) is 2. The van der Waals surface area contributed by atoms with Gasteiger partial charge < -0.3 is 5.73 Å². The average Bonchev–Trinajstić information content (AvgIpc) is 2.14. The third kappa shape index (κ3) is 3.81. The summed E-state index contributed by atoms with van der Waals surface area (Å²) in [5.74, 6) is 0. The van der Waals surface area contributed by atoms with E-state index in [1.165, 1.54) is 12.1 Å². The zero-order valence-corrected chi connectivity index (χ0v) is 10.5. The molecule has 17 heavy (non-hydrogen) atoms. The van der Waals surface area contributed by atoms with Crippen molar-refractivity contribution in [2.75, 3.05) is 0 Å². The minimum absolute atomic E-state index is 0.0583. The number of thiocarbonyl (C=S) groups is 1. The van der Waals surface area contributed by atoms with E-state index in [2.05, 4.69) is 22.7 Å². The van der Waals surface area contributed by atoms with Gasteiger partial charge in [-0.3, -0.25) is 15.5 Å². The summed E-state index contributed by atoms with van der Waals surface area (Å²) in [5.41, 5.74) is 7.27. The summed E-state index contributed by atoms with van der Waals surface area (Å²) in [7, 11) is 0. The molecule has 0 amide bonds. The zero-order chi connectivity index (χ0) is 13.0. The lowest BCUT2D eigenvalue weighted by Crippen LogP contribution is -2.24. The Morgan fingerprint density at radius 3 is 2.76 bits per heavy atom. The molecule has 6 nitrogen and oxygen atoms in total. The predicted molar refractivity (Wildman–Crippen MR) is 70.6 cm³/mol. The van der Waals surface area contributed by atoms with Gasteiger partial charge in [-0.25, -0.2) is 0 Å². The lowest BCUT2D eigenvalue weighted by molar-refractivity contribution is -0.384. The molecule has 0 spiro atoms. The van der Waals surface area contributed by atoms with Crippen LogP contribution in [-0.2, 0) is 0 Å². The van der Waals surface area contributed by atoms with Crippen LogP contribution in [0.2, 0.25) is 10.0 Å². The molecule has 0 fully saturated rings. The van der Waals surface area contributed by atoms with E-state index in [1.54, 1.807) is 0 Å². The van der Waals surface area contributed by atoms with Crippen LogP contribution in [0.1, 0.15) is 5.56 Å². The molecule has 0 unspecified atom stereocenters. The van der Waals surface area contributed by atoms with Crippen molar-refractivity contribution in [3.05, 3.63) is 37.9 Å². The maximum atomic E-state index is 10.8. The Balaban J connectivity index is 3.17. The standard InChI is InChI=1S/C8H6Cl2N4O2S/c9-5-1-4(3-12-13-8(11)17)7(14(15)16)6(10)2-5/h1-3H,(H3,11,13,17). The van der Waals surface area contributed by atoms with Crippen molar-refractivity contribution in [1.82, 2.24) is 5.43 Å². The number of hydrogen-bond donors (Lipinski definition) is 2. The number of hydrazone groups is 1. The number of nitro groups is 1. The fourth-order valence-electron chi connectivity index (χ4n) is 1.04. The lowest BCUT2D eigenvalue weighted by atomic mass is 10.2. The second kappa shape index (κ2) is 5.76. The van der Waals surface area contributed by atoms with Crippen LogP contribution in [0, 0.1) is 10.1 Å². The molecule has 1 rings (SSSR count). The predicted octanol–water partition coefficient (Wildman–Crippen LogP) is 2.07. The van der Waals surface area contributed by atoms with Gasteiger partial charge in [0.15, 0.2) is 5.11 Å². The van der Waals surface area contributed by atoms with E-state index in [1.807, 2.05) is 0 Å². The number of benzene rings is 1. The van der Waals surface area contributed by atoms with E-state index in [9.17, 15) is 10.1 Å². The normalized spacial score (nSPS) is 10.5. The minimum Gasteiger partial charge on any atom is -0.375 e. The van der Waals surface area contributed by atoms with Crippen LogP contribution in [0.25, 0.3) is 0 Å². The molecule has 0 heterocycles. The summed E-state index contributed by atoms with van der Waals surface area (Å²) in [6.45, 7) is 0. The van der Waals surface area contributed by atoms with Crippen LogP contribution < -0.4 is 11.2 Å². The van der Waals surface area contributed by atoms with Crippen molar-refractivity contribution < 1.29 is 4.92 Å². The number of nitrogens with two attached hydrogens (primary N) is 1. The van der Waals surface area contributed by atoms with E-state index in [0.29, 0.717) is 0 Å². The molecule has 90 valence electrons. The fourth-order valence-corrected chi connectivity index (χ4v) is 1.67. The smallest absolute Gasteiger partial charge is 0.296 e. The first-order chi connectivity index (χ1) is 7.91. The summed E-state index contributed by atoms with van der Waals surface area (Å²) in [6, 6.07) is 2.63. The fraction of sp³-hybridized carbons (Fsp3) is 0. The highest BCUT2D eigenvalue weighted by Crippen LogP contribution is 2.30. The van der Waals surface area contributed by atoms with Gasteiger partial charge in [0.25, 0.3) is 5.69 Å². The minimum atomic E-state index is -0.624. The number of halogens is 2. The van der Waals surface area contributed by atoms with E-state index < -0.39 is 4.92 Å². The molecule has 0 bridgehead atoms. The van der Waals surface area contributed by atoms with Gasteiger partial charge in [-0.15, -0.1) is 0 Å². The highest BCUT2D eigenvalue weighted by atomic mass is 35.5. The summed E-state index contributed by atoms with van der Waals surface area (Å²) in [6.07, 6.45) is 1.16. The largest absolute Gasteiger partial charge is 0.375 e. The van der Waals surface area contributed by atoms with Crippen molar-refractivity contribution in [3.63, 3.8) is 0 Å². The van der Waals surface area contributed by atoms with Gasteiger partial charge >= 0.3 is 0 Å². The first kappa shape index (κ1) is 13.6. The van der Waals surface area contributed by atoms with Crippen molar-refractivity contribution in [3.8, 4) is 0 Å². The van der Waals surface area contributed by atoms with Crippen LogP contribution in [0.15, 0.2) is 17.2 Å². The van der Waals surface area contributed by atoms with E-state index in [0.717, 1.165) is 6.21 Å². The molecule has 0 aliphatic heterocycles. The summed E-state index contributed by atoms with van der Waals surface area (Å²) < 4.78 is 0. The average molecular weight is 293 g/mol. The van der Waals surface area contributed by atoms with Gasteiger partial charge in [0.2, 0.25) is 0 Å². The number of nitro benzene ring substituents is 1. The third-order valence-electron chi connectivity index (χ3n) is 1.62.